The van der Waals surface area contributed by atoms with Crippen molar-refractivity contribution in [3.8, 4) is 23.3 Å². The van der Waals surface area contributed by atoms with E-state index < -0.39 is 17.9 Å². The van der Waals surface area contributed by atoms with Crippen LogP contribution in [0.2, 0.25) is 0 Å². The standard InChI is InChI=1S/C28H27BrN4O5/c1-4-37-25-14-19(13-24(29)26(25)38-17-22-8-6-5-7-21(22)15-30)16-31-33-27(34)18(2)32-28(35)20-9-11-23(36-3)12-10-20/h5-14,16,18H,4,17H2,1-3H3,(H,32,35)(H,33,34). The fraction of sp³-hybridized carbons (Fsp3) is 0.214. The predicted molar refractivity (Wildman–Crippen MR) is 146 cm³/mol. The van der Waals surface area contributed by atoms with Gasteiger partial charge in [-0.15, -0.1) is 0 Å². The van der Waals surface area contributed by atoms with Gasteiger partial charge in [0, 0.05) is 11.1 Å². The van der Waals surface area contributed by atoms with Crippen LogP contribution in [0, 0.1) is 11.3 Å². The highest BCUT2D eigenvalue weighted by Crippen LogP contribution is 2.37. The summed E-state index contributed by atoms with van der Waals surface area (Å²) in [6, 6.07) is 18.6. The number of hydrogen-bond acceptors (Lipinski definition) is 7. The van der Waals surface area contributed by atoms with Crippen molar-refractivity contribution in [3.05, 3.63) is 87.4 Å². The Morgan fingerprint density at radius 1 is 1.13 bits per heavy atom. The summed E-state index contributed by atoms with van der Waals surface area (Å²) < 4.78 is 17.4. The van der Waals surface area contributed by atoms with Gasteiger partial charge in [0.1, 0.15) is 18.4 Å². The molecule has 1 unspecified atom stereocenters. The van der Waals surface area contributed by atoms with Gasteiger partial charge in [-0.3, -0.25) is 9.59 Å². The molecule has 3 aromatic carbocycles. The Balaban J connectivity index is 1.63. The van der Waals surface area contributed by atoms with Crippen molar-refractivity contribution >= 4 is 34.0 Å². The van der Waals surface area contributed by atoms with Crippen molar-refractivity contribution in [2.75, 3.05) is 13.7 Å². The Morgan fingerprint density at radius 2 is 1.87 bits per heavy atom. The van der Waals surface area contributed by atoms with Crippen molar-refractivity contribution in [2.24, 2.45) is 5.10 Å². The summed E-state index contributed by atoms with van der Waals surface area (Å²) in [7, 11) is 1.54. The Labute approximate surface area is 229 Å². The third kappa shape index (κ3) is 7.57. The first-order chi connectivity index (χ1) is 18.4. The number of hydrazone groups is 1. The SMILES string of the molecule is CCOc1cc(C=NNC(=O)C(C)NC(=O)c2ccc(OC)cc2)cc(Br)c1OCc1ccccc1C#N. The van der Waals surface area contributed by atoms with Gasteiger partial charge in [-0.2, -0.15) is 10.4 Å². The van der Waals surface area contributed by atoms with Gasteiger partial charge >= 0.3 is 0 Å². The van der Waals surface area contributed by atoms with Crippen molar-refractivity contribution in [1.82, 2.24) is 10.7 Å². The summed E-state index contributed by atoms with van der Waals surface area (Å²) in [4.78, 5) is 24.8. The summed E-state index contributed by atoms with van der Waals surface area (Å²) in [5.41, 5.74) is 4.76. The highest BCUT2D eigenvalue weighted by Gasteiger charge is 2.17. The maximum atomic E-state index is 12.4. The Kier molecular flexibility index (Phi) is 10.3. The van der Waals surface area contributed by atoms with E-state index in [1.54, 1.807) is 62.6 Å². The van der Waals surface area contributed by atoms with Crippen LogP contribution in [0.4, 0.5) is 0 Å². The quantitative estimate of drug-likeness (QED) is 0.254. The molecule has 0 saturated carbocycles. The van der Waals surface area contributed by atoms with E-state index in [2.05, 4.69) is 37.8 Å². The lowest BCUT2D eigenvalue weighted by molar-refractivity contribution is -0.122. The molecule has 1 atom stereocenters. The van der Waals surface area contributed by atoms with E-state index in [0.717, 1.165) is 5.56 Å². The molecule has 0 aliphatic rings. The number of nitrogens with one attached hydrogen (secondary N) is 2. The summed E-state index contributed by atoms with van der Waals surface area (Å²) in [5.74, 6) is 0.713. The van der Waals surface area contributed by atoms with Gasteiger partial charge in [0.15, 0.2) is 11.5 Å². The molecular weight excluding hydrogens is 552 g/mol. The number of benzene rings is 3. The molecule has 2 N–H and O–H groups in total. The molecule has 0 aromatic heterocycles. The second-order valence-corrected chi connectivity index (χ2v) is 8.83. The van der Waals surface area contributed by atoms with Crippen LogP contribution >= 0.6 is 15.9 Å². The topological polar surface area (TPSA) is 122 Å². The molecular formula is C28H27BrN4O5. The van der Waals surface area contributed by atoms with Crippen molar-refractivity contribution in [3.63, 3.8) is 0 Å². The minimum Gasteiger partial charge on any atom is -0.497 e. The van der Waals surface area contributed by atoms with Crippen molar-refractivity contribution in [2.45, 2.75) is 26.5 Å². The molecule has 0 spiro atoms. The lowest BCUT2D eigenvalue weighted by Crippen LogP contribution is -2.43. The lowest BCUT2D eigenvalue weighted by atomic mass is 10.1. The molecule has 0 aliphatic carbocycles. The Morgan fingerprint density at radius 3 is 2.55 bits per heavy atom. The van der Waals surface area contributed by atoms with Gasteiger partial charge < -0.3 is 19.5 Å². The highest BCUT2D eigenvalue weighted by molar-refractivity contribution is 9.10. The van der Waals surface area contributed by atoms with Gasteiger partial charge in [0.25, 0.3) is 11.8 Å². The first kappa shape index (κ1) is 28.2. The molecule has 38 heavy (non-hydrogen) atoms. The summed E-state index contributed by atoms with van der Waals surface area (Å²) in [6.07, 6.45) is 1.46. The van der Waals surface area contributed by atoms with Crippen LogP contribution in [0.15, 0.2) is 70.2 Å². The Hall–Kier alpha value is -4.36. The lowest BCUT2D eigenvalue weighted by Gasteiger charge is -2.15. The van der Waals surface area contributed by atoms with Crippen molar-refractivity contribution in [1.29, 1.82) is 5.26 Å². The summed E-state index contributed by atoms with van der Waals surface area (Å²) in [5, 5.41) is 15.9. The highest BCUT2D eigenvalue weighted by atomic mass is 79.9. The molecule has 0 radical (unpaired) electrons. The van der Waals surface area contributed by atoms with E-state index in [1.807, 2.05) is 19.1 Å². The van der Waals surface area contributed by atoms with E-state index in [-0.39, 0.29) is 6.61 Å². The minimum atomic E-state index is -0.820. The Bertz CT molecular complexity index is 1350. The number of hydrogen-bond donors (Lipinski definition) is 2. The second-order valence-electron chi connectivity index (χ2n) is 7.98. The van der Waals surface area contributed by atoms with Crippen LogP contribution in [-0.2, 0) is 11.4 Å². The zero-order valence-corrected chi connectivity index (χ0v) is 22.7. The number of ether oxygens (including phenoxy) is 3. The number of nitrogens with zero attached hydrogens (tertiary/aromatic N) is 2. The van der Waals surface area contributed by atoms with Gasteiger partial charge in [0.05, 0.1) is 36.0 Å². The van der Waals surface area contributed by atoms with Crippen LogP contribution in [0.3, 0.4) is 0 Å². The van der Waals surface area contributed by atoms with Gasteiger partial charge in [-0.25, -0.2) is 5.43 Å². The maximum absolute atomic E-state index is 12.4. The average Bonchev–Trinajstić information content (AvgIpc) is 2.92. The van der Waals surface area contributed by atoms with Gasteiger partial charge in [-0.05, 0) is 77.8 Å². The molecule has 10 heteroatoms. The molecule has 0 saturated heterocycles. The molecule has 0 heterocycles. The number of carbonyl (C=O) groups excluding carboxylic acids is 2. The number of amides is 2. The number of halogens is 1. The number of carbonyl (C=O) groups is 2. The van der Waals surface area contributed by atoms with E-state index >= 15 is 0 Å². The smallest absolute Gasteiger partial charge is 0.262 e. The summed E-state index contributed by atoms with van der Waals surface area (Å²) >= 11 is 3.51. The monoisotopic (exact) mass is 578 g/mol. The molecule has 0 aliphatic heterocycles. The van der Waals surface area contributed by atoms with Crippen LogP contribution in [0.5, 0.6) is 17.2 Å². The van der Waals surface area contributed by atoms with E-state index in [9.17, 15) is 14.9 Å². The largest absolute Gasteiger partial charge is 0.497 e. The third-order valence-corrected chi connectivity index (χ3v) is 5.91. The number of rotatable bonds is 11. The molecule has 3 rings (SSSR count). The summed E-state index contributed by atoms with van der Waals surface area (Å²) in [6.45, 7) is 4.00. The molecule has 3 aromatic rings. The zero-order valence-electron chi connectivity index (χ0n) is 21.2. The maximum Gasteiger partial charge on any atom is 0.262 e. The van der Waals surface area contributed by atoms with Crippen LogP contribution in [0.25, 0.3) is 0 Å². The number of nitriles is 1. The average molecular weight is 579 g/mol. The third-order valence-electron chi connectivity index (χ3n) is 5.32. The van der Waals surface area contributed by atoms with Crippen LogP contribution < -0.4 is 25.0 Å². The first-order valence-corrected chi connectivity index (χ1v) is 12.5. The van der Waals surface area contributed by atoms with E-state index in [0.29, 0.717) is 45.0 Å². The molecule has 9 nitrogen and oxygen atoms in total. The van der Waals surface area contributed by atoms with Crippen molar-refractivity contribution < 1.29 is 23.8 Å². The van der Waals surface area contributed by atoms with Gasteiger partial charge in [0.2, 0.25) is 0 Å². The predicted octanol–water partition coefficient (Wildman–Crippen LogP) is 4.58. The fourth-order valence-corrected chi connectivity index (χ4v) is 3.90. The van der Waals surface area contributed by atoms with E-state index in [1.165, 1.54) is 6.21 Å². The second kappa shape index (κ2) is 13.8. The zero-order chi connectivity index (χ0) is 27.5. The first-order valence-electron chi connectivity index (χ1n) is 11.7. The van der Waals surface area contributed by atoms with Crippen LogP contribution in [-0.4, -0.2) is 37.8 Å². The minimum absolute atomic E-state index is 0.187. The molecule has 2 amide bonds. The van der Waals surface area contributed by atoms with Gasteiger partial charge in [-0.1, -0.05) is 18.2 Å². The molecule has 0 fully saturated rings. The normalized spacial score (nSPS) is 11.3. The fourth-order valence-electron chi connectivity index (χ4n) is 3.33. The van der Waals surface area contributed by atoms with Crippen LogP contribution in [0.1, 0.15) is 40.9 Å². The van der Waals surface area contributed by atoms with E-state index in [4.69, 9.17) is 14.2 Å². The molecule has 0 bridgehead atoms. The molecule has 196 valence electrons. The number of methoxy groups -OCH3 is 1.